The highest BCUT2D eigenvalue weighted by molar-refractivity contribution is 7.15. The molecule has 0 aromatic carbocycles. The average molecular weight is 427 g/mol. The van der Waals surface area contributed by atoms with Gasteiger partial charge in [0.25, 0.3) is 6.47 Å². The first kappa shape index (κ1) is 21.6. The SMILES string of the molecule is COCc1nnc(N2CC(C(=O)N3CC(N4CCOCC4)C3)CC2=O)s1.O=CO. The lowest BCUT2D eigenvalue weighted by atomic mass is 10.0. The molecule has 4 heterocycles. The van der Waals surface area contributed by atoms with Gasteiger partial charge in [-0.1, -0.05) is 11.3 Å². The molecule has 4 rings (SSSR count). The Morgan fingerprint density at radius 1 is 1.31 bits per heavy atom. The summed E-state index contributed by atoms with van der Waals surface area (Å²) in [6.45, 7) is 5.41. The molecule has 0 saturated carbocycles. The van der Waals surface area contributed by atoms with Gasteiger partial charge < -0.3 is 19.5 Å². The number of likely N-dealkylation sites (tertiary alicyclic amines) is 1. The van der Waals surface area contributed by atoms with E-state index in [-0.39, 0.29) is 30.6 Å². The number of hydrogen-bond acceptors (Lipinski definition) is 9. The summed E-state index contributed by atoms with van der Waals surface area (Å²) in [4.78, 5) is 39.3. The van der Waals surface area contributed by atoms with Crippen molar-refractivity contribution in [2.75, 3.05) is 57.9 Å². The number of rotatable bonds is 5. The maximum absolute atomic E-state index is 12.7. The summed E-state index contributed by atoms with van der Waals surface area (Å²) in [5, 5.41) is 16.2. The van der Waals surface area contributed by atoms with Crippen LogP contribution in [0.4, 0.5) is 5.13 Å². The number of ether oxygens (including phenoxy) is 2. The van der Waals surface area contributed by atoms with Crippen molar-refractivity contribution in [3.63, 3.8) is 0 Å². The van der Waals surface area contributed by atoms with Gasteiger partial charge in [-0.2, -0.15) is 0 Å². The smallest absolute Gasteiger partial charge is 0.290 e. The van der Waals surface area contributed by atoms with E-state index < -0.39 is 0 Å². The Morgan fingerprint density at radius 2 is 2.00 bits per heavy atom. The zero-order chi connectivity index (χ0) is 20.8. The quantitative estimate of drug-likeness (QED) is 0.606. The van der Waals surface area contributed by atoms with Crippen molar-refractivity contribution >= 4 is 34.8 Å². The van der Waals surface area contributed by atoms with E-state index in [4.69, 9.17) is 19.4 Å². The van der Waals surface area contributed by atoms with Crippen molar-refractivity contribution < 1.29 is 29.0 Å². The number of amides is 2. The van der Waals surface area contributed by atoms with E-state index in [0.29, 0.717) is 24.3 Å². The first-order valence-corrected chi connectivity index (χ1v) is 10.2. The van der Waals surface area contributed by atoms with E-state index >= 15 is 0 Å². The summed E-state index contributed by atoms with van der Waals surface area (Å²) >= 11 is 1.33. The predicted molar refractivity (Wildman–Crippen MR) is 103 cm³/mol. The number of anilines is 1. The summed E-state index contributed by atoms with van der Waals surface area (Å²) in [7, 11) is 1.59. The van der Waals surface area contributed by atoms with E-state index in [1.165, 1.54) is 11.3 Å². The molecule has 0 aliphatic carbocycles. The molecule has 1 unspecified atom stereocenters. The molecule has 1 N–H and O–H groups in total. The molecule has 11 nitrogen and oxygen atoms in total. The van der Waals surface area contributed by atoms with Crippen molar-refractivity contribution in [1.82, 2.24) is 20.0 Å². The Hall–Kier alpha value is -2.15. The third kappa shape index (κ3) is 5.07. The van der Waals surface area contributed by atoms with Crippen molar-refractivity contribution in [3.8, 4) is 0 Å². The molecule has 3 aliphatic rings. The first-order valence-electron chi connectivity index (χ1n) is 9.37. The van der Waals surface area contributed by atoms with Gasteiger partial charge in [-0.15, -0.1) is 10.2 Å². The van der Waals surface area contributed by atoms with Crippen LogP contribution in [0.15, 0.2) is 0 Å². The Labute approximate surface area is 172 Å². The number of carbonyl (C=O) groups excluding carboxylic acids is 2. The number of aromatic nitrogens is 2. The molecule has 160 valence electrons. The molecule has 1 aromatic rings. The van der Waals surface area contributed by atoms with Crippen LogP contribution in [0.5, 0.6) is 0 Å². The minimum atomic E-state index is -0.289. The molecule has 3 saturated heterocycles. The minimum Gasteiger partial charge on any atom is -0.483 e. The third-order valence-electron chi connectivity index (χ3n) is 5.17. The van der Waals surface area contributed by atoms with Crippen LogP contribution in [-0.4, -0.2) is 102 Å². The molecule has 0 bridgehead atoms. The second-order valence-corrected chi connectivity index (χ2v) is 8.01. The maximum atomic E-state index is 12.7. The lowest BCUT2D eigenvalue weighted by molar-refractivity contribution is -0.144. The zero-order valence-corrected chi connectivity index (χ0v) is 17.0. The zero-order valence-electron chi connectivity index (χ0n) is 16.2. The lowest BCUT2D eigenvalue weighted by Crippen LogP contribution is -2.63. The fourth-order valence-corrected chi connectivity index (χ4v) is 4.50. The molecule has 0 spiro atoms. The maximum Gasteiger partial charge on any atom is 0.290 e. The highest BCUT2D eigenvalue weighted by atomic mass is 32.1. The number of hydrogen-bond donors (Lipinski definition) is 1. The minimum absolute atomic E-state index is 0.0614. The van der Waals surface area contributed by atoms with Crippen LogP contribution in [-0.2, 0) is 30.5 Å². The summed E-state index contributed by atoms with van der Waals surface area (Å²) in [6, 6.07) is 0.427. The molecule has 1 atom stereocenters. The second-order valence-electron chi connectivity index (χ2n) is 6.97. The molecular weight excluding hydrogens is 402 g/mol. The average Bonchev–Trinajstić information content (AvgIpc) is 3.29. The summed E-state index contributed by atoms with van der Waals surface area (Å²) in [5.41, 5.74) is 0. The molecule has 3 fully saturated rings. The van der Waals surface area contributed by atoms with E-state index in [2.05, 4.69) is 15.1 Å². The van der Waals surface area contributed by atoms with E-state index in [0.717, 1.165) is 44.4 Å². The number of carbonyl (C=O) groups is 3. The van der Waals surface area contributed by atoms with Gasteiger partial charge in [-0.3, -0.25) is 24.2 Å². The molecule has 29 heavy (non-hydrogen) atoms. The van der Waals surface area contributed by atoms with Gasteiger partial charge in [0.15, 0.2) is 0 Å². The van der Waals surface area contributed by atoms with Gasteiger partial charge in [0.2, 0.25) is 16.9 Å². The van der Waals surface area contributed by atoms with Crippen molar-refractivity contribution in [2.45, 2.75) is 19.1 Å². The fraction of sp³-hybridized carbons (Fsp3) is 0.706. The Kier molecular flexibility index (Phi) is 7.47. The lowest BCUT2D eigenvalue weighted by Gasteiger charge is -2.47. The number of methoxy groups -OCH3 is 1. The van der Waals surface area contributed by atoms with Crippen LogP contribution in [0.3, 0.4) is 0 Å². The van der Waals surface area contributed by atoms with Crippen LogP contribution in [0.1, 0.15) is 11.4 Å². The first-order chi connectivity index (χ1) is 14.1. The van der Waals surface area contributed by atoms with Crippen LogP contribution < -0.4 is 4.90 Å². The molecule has 3 aliphatic heterocycles. The number of nitrogens with zero attached hydrogens (tertiary/aromatic N) is 5. The summed E-state index contributed by atoms with van der Waals surface area (Å²) < 4.78 is 10.4. The number of morpholine rings is 1. The highest BCUT2D eigenvalue weighted by Crippen LogP contribution is 2.30. The molecule has 2 amide bonds. The topological polar surface area (TPSA) is 125 Å². The van der Waals surface area contributed by atoms with Gasteiger partial charge in [0.1, 0.15) is 11.6 Å². The van der Waals surface area contributed by atoms with Crippen molar-refractivity contribution in [2.24, 2.45) is 5.92 Å². The van der Waals surface area contributed by atoms with E-state index in [1.54, 1.807) is 12.0 Å². The van der Waals surface area contributed by atoms with Gasteiger partial charge in [0.05, 0.1) is 19.1 Å². The van der Waals surface area contributed by atoms with Crippen LogP contribution in [0.2, 0.25) is 0 Å². The van der Waals surface area contributed by atoms with Gasteiger partial charge in [-0.25, -0.2) is 0 Å². The Bertz CT molecular complexity index is 719. The highest BCUT2D eigenvalue weighted by Gasteiger charge is 2.43. The molecule has 12 heteroatoms. The van der Waals surface area contributed by atoms with E-state index in [9.17, 15) is 9.59 Å². The predicted octanol–water partition coefficient (Wildman–Crippen LogP) is -0.719. The standard InChI is InChI=1S/C16H23N5O4S.CH2O2/c1-24-10-13-17-18-16(26-13)21-7-11(6-14(21)22)15(23)20-8-12(9-20)19-2-4-25-5-3-19;2-1-3/h11-12H,2-10H2,1H3;1H,(H,2,3). The Morgan fingerprint density at radius 3 is 2.66 bits per heavy atom. The van der Waals surface area contributed by atoms with Gasteiger partial charge in [0, 0.05) is 52.3 Å². The van der Waals surface area contributed by atoms with Crippen molar-refractivity contribution in [3.05, 3.63) is 5.01 Å². The van der Waals surface area contributed by atoms with E-state index in [1.807, 2.05) is 4.90 Å². The normalized spacial score (nSPS) is 22.8. The van der Waals surface area contributed by atoms with Crippen LogP contribution >= 0.6 is 11.3 Å². The van der Waals surface area contributed by atoms with Gasteiger partial charge >= 0.3 is 0 Å². The summed E-state index contributed by atoms with van der Waals surface area (Å²) in [5.74, 6) is -0.274. The molecular formula is C17H25N5O6S. The fourth-order valence-electron chi connectivity index (χ4n) is 3.66. The third-order valence-corrected chi connectivity index (χ3v) is 6.08. The molecule has 1 aromatic heterocycles. The summed E-state index contributed by atoms with van der Waals surface area (Å²) in [6.07, 6.45) is 0.247. The monoisotopic (exact) mass is 427 g/mol. The van der Waals surface area contributed by atoms with Gasteiger partial charge in [-0.05, 0) is 0 Å². The molecule has 0 radical (unpaired) electrons. The van der Waals surface area contributed by atoms with Crippen LogP contribution in [0, 0.1) is 5.92 Å². The number of carboxylic acid groups (broad SMARTS) is 1. The second kappa shape index (κ2) is 10.1. The Balaban J connectivity index is 0.000000755. The van der Waals surface area contributed by atoms with Crippen molar-refractivity contribution in [1.29, 1.82) is 0 Å². The largest absolute Gasteiger partial charge is 0.483 e. The van der Waals surface area contributed by atoms with Crippen LogP contribution in [0.25, 0.3) is 0 Å².